The Labute approximate surface area is 120 Å². The SMILES string of the molecule is CC(C)C=C=Cc1cnccc1NC(=O)OC(C)(C)C. The average molecular weight is 274 g/mol. The van der Waals surface area contributed by atoms with Gasteiger partial charge >= 0.3 is 6.09 Å². The summed E-state index contributed by atoms with van der Waals surface area (Å²) in [6.07, 6.45) is 6.56. The molecular weight excluding hydrogens is 252 g/mol. The van der Waals surface area contributed by atoms with Crippen LogP contribution in [-0.4, -0.2) is 16.7 Å². The number of aromatic nitrogens is 1. The molecule has 0 bridgehead atoms. The third-order valence-electron chi connectivity index (χ3n) is 2.16. The lowest BCUT2D eigenvalue weighted by molar-refractivity contribution is 0.0636. The molecule has 0 aliphatic rings. The zero-order chi connectivity index (χ0) is 15.2. The van der Waals surface area contributed by atoms with Gasteiger partial charge in [0.1, 0.15) is 5.60 Å². The lowest BCUT2D eigenvalue weighted by Gasteiger charge is -2.20. The number of hydrogen-bond acceptors (Lipinski definition) is 3. The first-order valence-electron chi connectivity index (χ1n) is 6.64. The number of nitrogens with one attached hydrogen (secondary N) is 1. The summed E-state index contributed by atoms with van der Waals surface area (Å²) in [5.41, 5.74) is 4.00. The highest BCUT2D eigenvalue weighted by Gasteiger charge is 2.16. The van der Waals surface area contributed by atoms with E-state index in [0.717, 1.165) is 5.56 Å². The summed E-state index contributed by atoms with van der Waals surface area (Å²) in [5.74, 6) is 0.421. The molecular formula is C16H22N2O2. The van der Waals surface area contributed by atoms with Gasteiger partial charge in [-0.2, -0.15) is 0 Å². The maximum absolute atomic E-state index is 11.8. The molecule has 4 nitrogen and oxygen atoms in total. The molecule has 0 atom stereocenters. The summed E-state index contributed by atoms with van der Waals surface area (Å²) >= 11 is 0. The van der Waals surface area contributed by atoms with Gasteiger partial charge in [0.05, 0.1) is 5.69 Å². The molecule has 0 radical (unpaired) electrons. The highest BCUT2D eigenvalue weighted by molar-refractivity contribution is 5.87. The molecule has 1 amide bonds. The van der Waals surface area contributed by atoms with Gasteiger partial charge in [-0.25, -0.2) is 4.79 Å². The first-order valence-corrected chi connectivity index (χ1v) is 6.64. The Hall–Kier alpha value is -2.06. The molecule has 0 aliphatic carbocycles. The van der Waals surface area contributed by atoms with Crippen molar-refractivity contribution in [2.45, 2.75) is 40.2 Å². The molecule has 0 aromatic carbocycles. The third-order valence-corrected chi connectivity index (χ3v) is 2.16. The summed E-state index contributed by atoms with van der Waals surface area (Å²) in [5, 5.41) is 2.72. The Kier molecular flexibility index (Phi) is 5.53. The van der Waals surface area contributed by atoms with Gasteiger partial charge in [-0.3, -0.25) is 10.3 Å². The van der Waals surface area contributed by atoms with E-state index in [2.05, 4.69) is 29.9 Å². The van der Waals surface area contributed by atoms with Crippen LogP contribution in [0.3, 0.4) is 0 Å². The highest BCUT2D eigenvalue weighted by Crippen LogP contribution is 2.17. The molecule has 1 aromatic rings. The molecule has 0 unspecified atom stereocenters. The first-order chi connectivity index (χ1) is 9.28. The molecule has 0 fully saturated rings. The van der Waals surface area contributed by atoms with Crippen molar-refractivity contribution in [3.63, 3.8) is 0 Å². The normalized spacial score (nSPS) is 10.7. The van der Waals surface area contributed by atoms with Crippen LogP contribution in [0.15, 0.2) is 30.3 Å². The average Bonchev–Trinajstić information content (AvgIpc) is 2.28. The van der Waals surface area contributed by atoms with Crippen LogP contribution in [0.4, 0.5) is 10.5 Å². The van der Waals surface area contributed by atoms with Crippen LogP contribution in [0.25, 0.3) is 6.08 Å². The van der Waals surface area contributed by atoms with E-state index in [-0.39, 0.29) is 0 Å². The monoisotopic (exact) mass is 274 g/mol. The van der Waals surface area contributed by atoms with Crippen LogP contribution >= 0.6 is 0 Å². The van der Waals surface area contributed by atoms with E-state index >= 15 is 0 Å². The van der Waals surface area contributed by atoms with Gasteiger partial charge in [0.25, 0.3) is 0 Å². The maximum atomic E-state index is 11.8. The maximum Gasteiger partial charge on any atom is 0.412 e. The summed E-state index contributed by atoms with van der Waals surface area (Å²) < 4.78 is 5.23. The summed E-state index contributed by atoms with van der Waals surface area (Å²) in [4.78, 5) is 15.8. The van der Waals surface area contributed by atoms with Gasteiger partial charge in [-0.15, -0.1) is 5.73 Å². The number of rotatable bonds is 3. The van der Waals surface area contributed by atoms with Crippen LogP contribution in [0.5, 0.6) is 0 Å². The zero-order valence-corrected chi connectivity index (χ0v) is 12.7. The van der Waals surface area contributed by atoms with E-state index in [1.807, 2.05) is 26.8 Å². The molecule has 0 saturated heterocycles. The lowest BCUT2D eigenvalue weighted by atomic mass is 10.2. The topological polar surface area (TPSA) is 51.2 Å². The fourth-order valence-corrected chi connectivity index (χ4v) is 1.38. The minimum absolute atomic E-state index is 0.421. The first kappa shape index (κ1) is 16.0. The number of ether oxygens (including phenoxy) is 1. The van der Waals surface area contributed by atoms with Gasteiger partial charge in [-0.05, 0) is 44.9 Å². The number of anilines is 1. The van der Waals surface area contributed by atoms with Gasteiger partial charge in [0.15, 0.2) is 0 Å². The third kappa shape index (κ3) is 6.21. The molecule has 1 heterocycles. The fraction of sp³-hybridized carbons (Fsp3) is 0.438. The summed E-state index contributed by atoms with van der Waals surface area (Å²) in [6.45, 7) is 9.62. The largest absolute Gasteiger partial charge is 0.444 e. The number of hydrogen-bond donors (Lipinski definition) is 1. The van der Waals surface area contributed by atoms with Crippen molar-refractivity contribution in [3.8, 4) is 0 Å². The van der Waals surface area contributed by atoms with E-state index < -0.39 is 11.7 Å². The van der Waals surface area contributed by atoms with Crippen molar-refractivity contribution in [1.29, 1.82) is 0 Å². The van der Waals surface area contributed by atoms with Gasteiger partial charge in [0, 0.05) is 18.0 Å². The fourth-order valence-electron chi connectivity index (χ4n) is 1.38. The van der Waals surface area contributed by atoms with Crippen molar-refractivity contribution in [2.75, 3.05) is 5.32 Å². The van der Waals surface area contributed by atoms with Crippen LogP contribution < -0.4 is 5.32 Å². The molecule has 0 saturated carbocycles. The second-order valence-electron chi connectivity index (χ2n) is 5.81. The predicted molar refractivity (Wildman–Crippen MR) is 81.5 cm³/mol. The van der Waals surface area contributed by atoms with Gasteiger partial charge in [-0.1, -0.05) is 13.8 Å². The Morgan fingerprint density at radius 3 is 2.75 bits per heavy atom. The van der Waals surface area contributed by atoms with Crippen molar-refractivity contribution in [3.05, 3.63) is 35.8 Å². The predicted octanol–water partition coefficient (Wildman–Crippen LogP) is 4.25. The van der Waals surface area contributed by atoms with Gasteiger partial charge in [0.2, 0.25) is 0 Å². The second-order valence-corrected chi connectivity index (χ2v) is 5.81. The number of carbonyl (C=O) groups is 1. The number of allylic oxidation sites excluding steroid dienone is 1. The van der Waals surface area contributed by atoms with Crippen molar-refractivity contribution in [1.82, 2.24) is 4.98 Å². The molecule has 4 heteroatoms. The highest BCUT2D eigenvalue weighted by atomic mass is 16.6. The molecule has 20 heavy (non-hydrogen) atoms. The second kappa shape index (κ2) is 6.92. The standard InChI is InChI=1S/C16H22N2O2/c1-12(2)7-6-8-13-11-17-10-9-14(13)18-15(19)20-16(3,4)5/h7-12H,1-5H3,(H,17,18,19). The lowest BCUT2D eigenvalue weighted by Crippen LogP contribution is -2.27. The van der Waals surface area contributed by atoms with Crippen LogP contribution in [-0.2, 0) is 4.74 Å². The molecule has 1 aromatic heterocycles. The Morgan fingerprint density at radius 1 is 1.45 bits per heavy atom. The number of pyridine rings is 1. The molecule has 0 aliphatic heterocycles. The Morgan fingerprint density at radius 2 is 2.15 bits per heavy atom. The van der Waals surface area contributed by atoms with Crippen molar-refractivity contribution >= 4 is 17.9 Å². The van der Waals surface area contributed by atoms with Crippen LogP contribution in [0.1, 0.15) is 40.2 Å². The smallest absolute Gasteiger partial charge is 0.412 e. The minimum atomic E-state index is -0.523. The summed E-state index contributed by atoms with van der Waals surface area (Å²) in [7, 11) is 0. The van der Waals surface area contributed by atoms with Crippen LogP contribution in [0, 0.1) is 5.92 Å². The molecule has 0 spiro atoms. The van der Waals surface area contributed by atoms with E-state index in [0.29, 0.717) is 11.6 Å². The Balaban J connectivity index is 2.86. The van der Waals surface area contributed by atoms with Crippen molar-refractivity contribution < 1.29 is 9.53 Å². The van der Waals surface area contributed by atoms with Crippen molar-refractivity contribution in [2.24, 2.45) is 5.92 Å². The zero-order valence-electron chi connectivity index (χ0n) is 12.7. The quantitative estimate of drug-likeness (QED) is 0.838. The number of amides is 1. The Bertz CT molecular complexity index is 522. The molecule has 1 N–H and O–H groups in total. The van der Waals surface area contributed by atoms with E-state index in [9.17, 15) is 4.79 Å². The molecule has 108 valence electrons. The number of nitrogens with zero attached hydrogens (tertiary/aromatic N) is 1. The molecule has 1 rings (SSSR count). The van der Waals surface area contributed by atoms with E-state index in [1.54, 1.807) is 24.5 Å². The summed E-state index contributed by atoms with van der Waals surface area (Å²) in [6, 6.07) is 1.73. The van der Waals surface area contributed by atoms with E-state index in [4.69, 9.17) is 4.74 Å². The van der Waals surface area contributed by atoms with Crippen LogP contribution in [0.2, 0.25) is 0 Å². The minimum Gasteiger partial charge on any atom is -0.444 e. The number of carbonyl (C=O) groups excluding carboxylic acids is 1. The van der Waals surface area contributed by atoms with E-state index in [1.165, 1.54) is 0 Å². The van der Waals surface area contributed by atoms with Gasteiger partial charge < -0.3 is 4.74 Å².